The van der Waals surface area contributed by atoms with Gasteiger partial charge >= 0.3 is 6.61 Å². The van der Waals surface area contributed by atoms with E-state index in [2.05, 4.69) is 15.4 Å². The fourth-order valence-corrected chi connectivity index (χ4v) is 2.72. The van der Waals surface area contributed by atoms with E-state index < -0.39 is 6.61 Å². The lowest BCUT2D eigenvalue weighted by Gasteiger charge is -2.15. The van der Waals surface area contributed by atoms with Gasteiger partial charge in [0.2, 0.25) is 5.91 Å². The Morgan fingerprint density at radius 1 is 1.08 bits per heavy atom. The zero-order valence-corrected chi connectivity index (χ0v) is 15.2. The number of methoxy groups -OCH3 is 1. The molecule has 2 aromatic carbocycles. The van der Waals surface area contributed by atoms with Gasteiger partial charge in [0, 0.05) is 17.4 Å². The Bertz CT molecular complexity index is 771. The zero-order valence-electron chi connectivity index (χ0n) is 15.2. The van der Waals surface area contributed by atoms with E-state index in [1.54, 1.807) is 6.07 Å². The number of nitrogens with one attached hydrogen (secondary N) is 2. The topological polar surface area (TPSA) is 59.6 Å². The first-order valence-corrected chi connectivity index (χ1v) is 8.04. The molecule has 0 heterocycles. The Kier molecular flexibility index (Phi) is 6.38. The van der Waals surface area contributed by atoms with Crippen molar-refractivity contribution in [2.24, 2.45) is 0 Å². The van der Waals surface area contributed by atoms with E-state index in [4.69, 9.17) is 4.74 Å². The summed E-state index contributed by atoms with van der Waals surface area (Å²) in [7, 11) is 1.36. The Balaban J connectivity index is 2.03. The maximum atomic E-state index is 12.5. The monoisotopic (exact) mass is 364 g/mol. The Hall–Kier alpha value is -2.83. The van der Waals surface area contributed by atoms with Crippen LogP contribution in [0.15, 0.2) is 30.3 Å². The summed E-state index contributed by atoms with van der Waals surface area (Å²) >= 11 is 0. The molecule has 7 heteroatoms. The van der Waals surface area contributed by atoms with E-state index in [0.29, 0.717) is 5.69 Å². The first-order chi connectivity index (χ1) is 12.3. The highest BCUT2D eigenvalue weighted by Crippen LogP contribution is 2.31. The van der Waals surface area contributed by atoms with Crippen LogP contribution < -0.4 is 20.1 Å². The number of aryl methyl sites for hydroxylation is 3. The van der Waals surface area contributed by atoms with Crippen LogP contribution in [-0.2, 0) is 4.79 Å². The van der Waals surface area contributed by atoms with E-state index in [1.807, 2.05) is 32.9 Å². The van der Waals surface area contributed by atoms with Crippen molar-refractivity contribution in [1.82, 2.24) is 0 Å². The predicted molar refractivity (Wildman–Crippen MR) is 97.4 cm³/mol. The molecule has 0 radical (unpaired) electrons. The summed E-state index contributed by atoms with van der Waals surface area (Å²) < 4.78 is 34.3. The van der Waals surface area contributed by atoms with Crippen LogP contribution >= 0.6 is 0 Å². The SMILES string of the molecule is COc1ccc(NCC(=O)Nc2c(C)cc(C)cc2C)cc1OC(F)F. The minimum absolute atomic E-state index is 0.0206. The summed E-state index contributed by atoms with van der Waals surface area (Å²) in [6, 6.07) is 8.46. The molecule has 0 bridgehead atoms. The van der Waals surface area contributed by atoms with Crippen LogP contribution in [0.4, 0.5) is 20.2 Å². The van der Waals surface area contributed by atoms with Crippen molar-refractivity contribution in [1.29, 1.82) is 0 Å². The number of halogens is 2. The molecule has 26 heavy (non-hydrogen) atoms. The fraction of sp³-hybridized carbons (Fsp3) is 0.316. The second-order valence-corrected chi connectivity index (χ2v) is 5.92. The molecule has 0 atom stereocenters. The first kappa shape index (κ1) is 19.5. The van der Waals surface area contributed by atoms with Gasteiger partial charge in [0.25, 0.3) is 0 Å². The van der Waals surface area contributed by atoms with E-state index in [9.17, 15) is 13.6 Å². The van der Waals surface area contributed by atoms with E-state index in [-0.39, 0.29) is 24.0 Å². The fourth-order valence-electron chi connectivity index (χ4n) is 2.72. The molecule has 0 spiro atoms. The number of benzene rings is 2. The van der Waals surface area contributed by atoms with Gasteiger partial charge in [-0.3, -0.25) is 4.79 Å². The molecule has 0 saturated heterocycles. The third-order valence-electron chi connectivity index (χ3n) is 3.77. The van der Waals surface area contributed by atoms with Gasteiger partial charge in [-0.1, -0.05) is 17.7 Å². The molecular formula is C19H22F2N2O3. The first-order valence-electron chi connectivity index (χ1n) is 8.04. The summed E-state index contributed by atoms with van der Waals surface area (Å²) in [6.07, 6.45) is 0. The van der Waals surface area contributed by atoms with Gasteiger partial charge in [-0.05, 0) is 44.0 Å². The van der Waals surface area contributed by atoms with Crippen LogP contribution in [0, 0.1) is 20.8 Å². The summed E-state index contributed by atoms with van der Waals surface area (Å²) in [5.41, 5.74) is 4.33. The molecule has 5 nitrogen and oxygen atoms in total. The molecule has 0 aliphatic heterocycles. The highest BCUT2D eigenvalue weighted by atomic mass is 19.3. The predicted octanol–water partition coefficient (Wildman–Crippen LogP) is 4.27. The summed E-state index contributed by atoms with van der Waals surface area (Å²) in [5, 5.41) is 5.76. The molecule has 0 fully saturated rings. The largest absolute Gasteiger partial charge is 0.493 e. The van der Waals surface area contributed by atoms with Crippen LogP contribution in [-0.4, -0.2) is 26.2 Å². The summed E-state index contributed by atoms with van der Waals surface area (Å²) in [5.74, 6) is -0.156. The van der Waals surface area contributed by atoms with E-state index >= 15 is 0 Å². The van der Waals surface area contributed by atoms with Crippen LogP contribution in [0.5, 0.6) is 11.5 Å². The van der Waals surface area contributed by atoms with Gasteiger partial charge in [-0.15, -0.1) is 0 Å². The van der Waals surface area contributed by atoms with Crippen molar-refractivity contribution in [3.8, 4) is 11.5 Å². The van der Waals surface area contributed by atoms with Gasteiger partial charge in [-0.25, -0.2) is 0 Å². The molecule has 2 N–H and O–H groups in total. The van der Waals surface area contributed by atoms with Gasteiger partial charge in [0.15, 0.2) is 11.5 Å². The smallest absolute Gasteiger partial charge is 0.387 e. The Morgan fingerprint density at radius 3 is 2.31 bits per heavy atom. The van der Waals surface area contributed by atoms with Gasteiger partial charge in [0.05, 0.1) is 13.7 Å². The van der Waals surface area contributed by atoms with Crippen molar-refractivity contribution in [3.63, 3.8) is 0 Å². The van der Waals surface area contributed by atoms with Crippen molar-refractivity contribution < 1.29 is 23.0 Å². The molecule has 0 aliphatic rings. The lowest BCUT2D eigenvalue weighted by molar-refractivity contribution is -0.114. The standard InChI is InChI=1S/C19H22F2N2O3/c1-11-7-12(2)18(13(3)8-11)23-17(24)10-22-14-5-6-15(25-4)16(9-14)26-19(20)21/h5-9,19,22H,10H2,1-4H3,(H,23,24). The molecular weight excluding hydrogens is 342 g/mol. The molecule has 0 saturated carbocycles. The molecule has 2 aromatic rings. The third kappa shape index (κ3) is 5.08. The van der Waals surface area contributed by atoms with E-state index in [1.165, 1.54) is 19.2 Å². The highest BCUT2D eigenvalue weighted by molar-refractivity contribution is 5.95. The number of anilines is 2. The zero-order chi connectivity index (χ0) is 19.3. The molecule has 140 valence electrons. The van der Waals surface area contributed by atoms with Crippen LogP contribution in [0.2, 0.25) is 0 Å². The van der Waals surface area contributed by atoms with Crippen LogP contribution in [0.3, 0.4) is 0 Å². The number of hydrogen-bond donors (Lipinski definition) is 2. The van der Waals surface area contributed by atoms with Gasteiger partial charge in [-0.2, -0.15) is 8.78 Å². The highest BCUT2D eigenvalue weighted by Gasteiger charge is 2.12. The Morgan fingerprint density at radius 2 is 1.73 bits per heavy atom. The molecule has 1 amide bonds. The minimum Gasteiger partial charge on any atom is -0.493 e. The quantitative estimate of drug-likeness (QED) is 0.770. The van der Waals surface area contributed by atoms with Crippen LogP contribution in [0.25, 0.3) is 0 Å². The van der Waals surface area contributed by atoms with Gasteiger partial charge in [0.1, 0.15) is 0 Å². The average Bonchev–Trinajstić information content (AvgIpc) is 2.56. The van der Waals surface area contributed by atoms with E-state index in [0.717, 1.165) is 22.4 Å². The third-order valence-corrected chi connectivity index (χ3v) is 3.77. The second kappa shape index (κ2) is 8.51. The summed E-state index contributed by atoms with van der Waals surface area (Å²) in [6.45, 7) is 2.87. The van der Waals surface area contributed by atoms with Crippen molar-refractivity contribution in [3.05, 3.63) is 47.0 Å². The van der Waals surface area contributed by atoms with Crippen molar-refractivity contribution >= 4 is 17.3 Å². The van der Waals surface area contributed by atoms with Gasteiger partial charge < -0.3 is 20.1 Å². The number of ether oxygens (including phenoxy) is 2. The molecule has 2 rings (SSSR count). The van der Waals surface area contributed by atoms with Crippen molar-refractivity contribution in [2.45, 2.75) is 27.4 Å². The van der Waals surface area contributed by atoms with Crippen LogP contribution in [0.1, 0.15) is 16.7 Å². The van der Waals surface area contributed by atoms with Crippen molar-refractivity contribution in [2.75, 3.05) is 24.3 Å². The normalized spacial score (nSPS) is 10.6. The number of hydrogen-bond acceptors (Lipinski definition) is 4. The molecule has 0 unspecified atom stereocenters. The average molecular weight is 364 g/mol. The lowest BCUT2D eigenvalue weighted by atomic mass is 10.1. The number of carbonyl (C=O) groups excluding carboxylic acids is 1. The number of carbonyl (C=O) groups is 1. The maximum absolute atomic E-state index is 12.5. The second-order valence-electron chi connectivity index (χ2n) is 5.92. The minimum atomic E-state index is -2.96. The number of alkyl halides is 2. The maximum Gasteiger partial charge on any atom is 0.387 e. The lowest BCUT2D eigenvalue weighted by Crippen LogP contribution is -2.22. The Labute approximate surface area is 151 Å². The number of rotatable bonds is 7. The summed E-state index contributed by atoms with van der Waals surface area (Å²) in [4.78, 5) is 12.2. The molecule has 0 aliphatic carbocycles. The number of amides is 1. The molecule has 0 aromatic heterocycles.